The standard InChI is InChI=1S/C13H14N2O2/c14-12-7-6-11(13(16)17)9-15(12)8-10-4-2-1-3-5-10/h1-6,14H,7-9H2,(H,16,17). The van der Waals surface area contributed by atoms with Crippen molar-refractivity contribution >= 4 is 11.8 Å². The van der Waals surface area contributed by atoms with Crippen molar-refractivity contribution in [2.75, 3.05) is 6.54 Å². The van der Waals surface area contributed by atoms with Crippen LogP contribution in [0.15, 0.2) is 42.0 Å². The van der Waals surface area contributed by atoms with Crippen molar-refractivity contribution in [1.82, 2.24) is 4.90 Å². The van der Waals surface area contributed by atoms with Crippen LogP contribution in [0.5, 0.6) is 0 Å². The molecule has 1 heterocycles. The van der Waals surface area contributed by atoms with Crippen molar-refractivity contribution in [1.29, 1.82) is 5.41 Å². The summed E-state index contributed by atoms with van der Waals surface area (Å²) in [6, 6.07) is 9.78. The number of hydrogen-bond acceptors (Lipinski definition) is 2. The first kappa shape index (κ1) is 11.4. The highest BCUT2D eigenvalue weighted by molar-refractivity contribution is 5.92. The number of amidine groups is 1. The minimum absolute atomic E-state index is 0.309. The molecule has 1 aromatic carbocycles. The van der Waals surface area contributed by atoms with E-state index in [0.29, 0.717) is 30.9 Å². The topological polar surface area (TPSA) is 64.4 Å². The van der Waals surface area contributed by atoms with Gasteiger partial charge in [-0.05, 0) is 5.56 Å². The maximum absolute atomic E-state index is 10.9. The Hall–Kier alpha value is -2.10. The quantitative estimate of drug-likeness (QED) is 0.833. The van der Waals surface area contributed by atoms with Crippen LogP contribution < -0.4 is 0 Å². The van der Waals surface area contributed by atoms with Gasteiger partial charge in [-0.3, -0.25) is 5.41 Å². The van der Waals surface area contributed by atoms with Crippen LogP contribution in [0.2, 0.25) is 0 Å². The lowest BCUT2D eigenvalue weighted by Gasteiger charge is -2.28. The van der Waals surface area contributed by atoms with E-state index in [9.17, 15) is 4.79 Å². The maximum Gasteiger partial charge on any atom is 0.333 e. The predicted octanol–water partition coefficient (Wildman–Crippen LogP) is 1.88. The largest absolute Gasteiger partial charge is 0.478 e. The smallest absolute Gasteiger partial charge is 0.333 e. The molecule has 0 radical (unpaired) electrons. The summed E-state index contributed by atoms with van der Waals surface area (Å²) in [6.07, 6.45) is 2.01. The lowest BCUT2D eigenvalue weighted by Crippen LogP contribution is -2.36. The fraction of sp³-hybridized carbons (Fsp3) is 0.231. The van der Waals surface area contributed by atoms with Crippen molar-refractivity contribution < 1.29 is 9.90 Å². The zero-order valence-corrected chi connectivity index (χ0v) is 9.39. The molecule has 0 fully saturated rings. The van der Waals surface area contributed by atoms with Crippen molar-refractivity contribution in [3.05, 3.63) is 47.5 Å². The van der Waals surface area contributed by atoms with Crippen LogP contribution in [-0.2, 0) is 11.3 Å². The number of rotatable bonds is 3. The Balaban J connectivity index is 2.09. The molecule has 0 bridgehead atoms. The van der Waals surface area contributed by atoms with Crippen molar-refractivity contribution in [2.45, 2.75) is 13.0 Å². The molecule has 0 atom stereocenters. The molecule has 0 unspecified atom stereocenters. The summed E-state index contributed by atoms with van der Waals surface area (Å²) in [5.41, 5.74) is 1.46. The Bertz CT molecular complexity index is 466. The van der Waals surface area contributed by atoms with E-state index in [-0.39, 0.29) is 0 Å². The van der Waals surface area contributed by atoms with E-state index in [1.54, 1.807) is 11.0 Å². The number of nitrogens with zero attached hydrogens (tertiary/aromatic N) is 1. The molecule has 0 aliphatic carbocycles. The summed E-state index contributed by atoms with van der Waals surface area (Å²) in [4.78, 5) is 12.7. The lowest BCUT2D eigenvalue weighted by atomic mass is 10.1. The zero-order valence-electron chi connectivity index (χ0n) is 9.39. The van der Waals surface area contributed by atoms with Gasteiger partial charge in [0.1, 0.15) is 5.84 Å². The van der Waals surface area contributed by atoms with Crippen LogP contribution in [0.25, 0.3) is 0 Å². The van der Waals surface area contributed by atoms with Crippen LogP contribution in [0.3, 0.4) is 0 Å². The summed E-state index contributed by atoms with van der Waals surface area (Å²) in [6.45, 7) is 0.896. The highest BCUT2D eigenvalue weighted by Gasteiger charge is 2.20. The van der Waals surface area contributed by atoms with Crippen molar-refractivity contribution in [3.63, 3.8) is 0 Å². The summed E-state index contributed by atoms with van der Waals surface area (Å²) in [5.74, 6) is -0.422. The maximum atomic E-state index is 10.9. The van der Waals surface area contributed by atoms with E-state index in [4.69, 9.17) is 10.5 Å². The predicted molar refractivity (Wildman–Crippen MR) is 64.9 cm³/mol. The second kappa shape index (κ2) is 4.82. The summed E-state index contributed by atoms with van der Waals surface area (Å²) < 4.78 is 0. The second-order valence-electron chi connectivity index (χ2n) is 4.03. The molecule has 1 aliphatic heterocycles. The Morgan fingerprint density at radius 3 is 2.71 bits per heavy atom. The first-order valence-electron chi connectivity index (χ1n) is 5.45. The monoisotopic (exact) mass is 230 g/mol. The molecular weight excluding hydrogens is 216 g/mol. The third-order valence-electron chi connectivity index (χ3n) is 2.78. The Morgan fingerprint density at radius 1 is 1.35 bits per heavy atom. The van der Waals surface area contributed by atoms with E-state index >= 15 is 0 Å². The first-order valence-corrected chi connectivity index (χ1v) is 5.45. The summed E-state index contributed by atoms with van der Waals surface area (Å²) in [5, 5.41) is 16.8. The molecular formula is C13H14N2O2. The van der Waals surface area contributed by atoms with Crippen LogP contribution in [-0.4, -0.2) is 28.4 Å². The fourth-order valence-corrected chi connectivity index (χ4v) is 1.82. The zero-order chi connectivity index (χ0) is 12.3. The van der Waals surface area contributed by atoms with Gasteiger partial charge in [-0.1, -0.05) is 36.4 Å². The average molecular weight is 230 g/mol. The van der Waals surface area contributed by atoms with Crippen LogP contribution >= 0.6 is 0 Å². The molecule has 0 amide bonds. The van der Waals surface area contributed by atoms with E-state index in [2.05, 4.69) is 0 Å². The molecule has 1 aromatic rings. The Kier molecular flexibility index (Phi) is 3.23. The fourth-order valence-electron chi connectivity index (χ4n) is 1.82. The SMILES string of the molecule is N=C1CC=C(C(=O)O)CN1Cc1ccccc1. The van der Waals surface area contributed by atoms with Gasteiger partial charge in [0.15, 0.2) is 0 Å². The van der Waals surface area contributed by atoms with E-state index in [1.807, 2.05) is 30.3 Å². The number of benzene rings is 1. The second-order valence-corrected chi connectivity index (χ2v) is 4.03. The normalized spacial score (nSPS) is 15.6. The number of hydrogen-bond donors (Lipinski definition) is 2. The molecule has 4 heteroatoms. The minimum atomic E-state index is -0.893. The van der Waals surface area contributed by atoms with Crippen LogP contribution in [0.1, 0.15) is 12.0 Å². The van der Waals surface area contributed by atoms with Gasteiger partial charge in [-0.15, -0.1) is 0 Å². The minimum Gasteiger partial charge on any atom is -0.478 e. The number of nitrogens with one attached hydrogen (secondary N) is 1. The lowest BCUT2D eigenvalue weighted by molar-refractivity contribution is -0.132. The molecule has 0 spiro atoms. The molecule has 4 nitrogen and oxygen atoms in total. The van der Waals surface area contributed by atoms with E-state index in [0.717, 1.165) is 5.56 Å². The molecule has 0 saturated carbocycles. The molecule has 88 valence electrons. The number of carboxylic acids is 1. The average Bonchev–Trinajstić information content (AvgIpc) is 2.33. The van der Waals surface area contributed by atoms with Gasteiger partial charge >= 0.3 is 5.97 Å². The molecule has 0 saturated heterocycles. The van der Waals surface area contributed by atoms with Gasteiger partial charge in [0.25, 0.3) is 0 Å². The number of aliphatic carboxylic acids is 1. The van der Waals surface area contributed by atoms with E-state index < -0.39 is 5.97 Å². The van der Waals surface area contributed by atoms with Crippen molar-refractivity contribution in [3.8, 4) is 0 Å². The van der Waals surface area contributed by atoms with E-state index in [1.165, 1.54) is 0 Å². The highest BCUT2D eigenvalue weighted by atomic mass is 16.4. The Labute approximate surface area is 99.7 Å². The first-order chi connectivity index (χ1) is 8.16. The summed E-state index contributed by atoms with van der Waals surface area (Å²) >= 11 is 0. The van der Waals surface area contributed by atoms with Crippen LogP contribution in [0, 0.1) is 5.41 Å². The third kappa shape index (κ3) is 2.72. The van der Waals surface area contributed by atoms with Crippen LogP contribution in [0.4, 0.5) is 0 Å². The molecule has 2 N–H and O–H groups in total. The van der Waals surface area contributed by atoms with Gasteiger partial charge in [-0.2, -0.15) is 0 Å². The van der Waals surface area contributed by atoms with Gasteiger partial charge in [0.2, 0.25) is 0 Å². The third-order valence-corrected chi connectivity index (χ3v) is 2.78. The van der Waals surface area contributed by atoms with Gasteiger partial charge in [0, 0.05) is 13.0 Å². The molecule has 1 aliphatic rings. The van der Waals surface area contributed by atoms with Gasteiger partial charge in [0.05, 0.1) is 12.1 Å². The Morgan fingerprint density at radius 2 is 2.06 bits per heavy atom. The summed E-state index contributed by atoms with van der Waals surface area (Å²) in [7, 11) is 0. The number of carboxylic acid groups (broad SMARTS) is 1. The number of carbonyl (C=O) groups is 1. The molecule has 17 heavy (non-hydrogen) atoms. The molecule has 2 rings (SSSR count). The van der Waals surface area contributed by atoms with Crippen molar-refractivity contribution in [2.24, 2.45) is 0 Å². The highest BCUT2D eigenvalue weighted by Crippen LogP contribution is 2.14. The van der Waals surface area contributed by atoms with Gasteiger partial charge in [-0.25, -0.2) is 4.79 Å². The van der Waals surface area contributed by atoms with Gasteiger partial charge < -0.3 is 10.0 Å². The molecule has 0 aromatic heterocycles.